The van der Waals surface area contributed by atoms with E-state index in [1.165, 1.54) is 5.57 Å². The van der Waals surface area contributed by atoms with Crippen molar-refractivity contribution < 1.29 is 4.79 Å². The van der Waals surface area contributed by atoms with E-state index in [1.54, 1.807) is 0 Å². The normalized spacial score (nSPS) is 29.3. The largest absolute Gasteiger partial charge is 0.343 e. The van der Waals surface area contributed by atoms with Crippen molar-refractivity contribution in [3.05, 3.63) is 11.6 Å². The van der Waals surface area contributed by atoms with Crippen molar-refractivity contribution in [2.45, 2.75) is 59.8 Å². The summed E-state index contributed by atoms with van der Waals surface area (Å²) < 4.78 is 0. The van der Waals surface area contributed by atoms with E-state index < -0.39 is 0 Å². The van der Waals surface area contributed by atoms with Crippen molar-refractivity contribution in [1.29, 1.82) is 5.26 Å². The molecule has 1 saturated heterocycles. The molecule has 23 heavy (non-hydrogen) atoms. The molecule has 0 saturated carbocycles. The van der Waals surface area contributed by atoms with Crippen LogP contribution in [0, 0.1) is 40.9 Å². The molecule has 3 heteroatoms. The molecule has 128 valence electrons. The Hall–Kier alpha value is -1.30. The van der Waals surface area contributed by atoms with E-state index in [0.29, 0.717) is 42.4 Å². The number of hydrogen-bond donors (Lipinski definition) is 0. The van der Waals surface area contributed by atoms with E-state index in [0.717, 1.165) is 38.3 Å². The molecule has 1 aliphatic carbocycles. The van der Waals surface area contributed by atoms with Gasteiger partial charge in [0, 0.05) is 25.9 Å². The summed E-state index contributed by atoms with van der Waals surface area (Å²) in [6, 6.07) is 2.33. The minimum absolute atomic E-state index is 0.330. The lowest BCUT2D eigenvalue weighted by Gasteiger charge is -2.37. The quantitative estimate of drug-likeness (QED) is 0.721. The Morgan fingerprint density at radius 1 is 1.39 bits per heavy atom. The molecular formula is C20H32N2O. The molecule has 2 aliphatic rings. The van der Waals surface area contributed by atoms with Gasteiger partial charge < -0.3 is 4.90 Å². The van der Waals surface area contributed by atoms with Gasteiger partial charge in [0.1, 0.15) is 0 Å². The van der Waals surface area contributed by atoms with Gasteiger partial charge in [-0.25, -0.2) is 0 Å². The van der Waals surface area contributed by atoms with Crippen molar-refractivity contribution in [2.75, 3.05) is 13.1 Å². The van der Waals surface area contributed by atoms with Crippen LogP contribution in [0.3, 0.4) is 0 Å². The highest BCUT2D eigenvalue weighted by molar-refractivity contribution is 5.77. The molecule has 0 aromatic carbocycles. The molecule has 1 amide bonds. The van der Waals surface area contributed by atoms with Crippen LogP contribution in [-0.2, 0) is 4.79 Å². The maximum Gasteiger partial charge on any atom is 0.223 e. The Labute approximate surface area is 141 Å². The zero-order valence-corrected chi connectivity index (χ0v) is 15.2. The predicted octanol–water partition coefficient (Wildman–Crippen LogP) is 4.40. The first-order valence-electron chi connectivity index (χ1n) is 9.25. The van der Waals surface area contributed by atoms with E-state index >= 15 is 0 Å². The molecule has 0 radical (unpaired) electrons. The fraction of sp³-hybridized carbons (Fsp3) is 0.800. The number of carbonyl (C=O) groups is 1. The average Bonchev–Trinajstić information content (AvgIpc) is 2.50. The first-order chi connectivity index (χ1) is 10.9. The van der Waals surface area contributed by atoms with Gasteiger partial charge in [-0.2, -0.15) is 5.26 Å². The fourth-order valence-electron chi connectivity index (χ4n) is 4.21. The molecule has 0 N–H and O–H groups in total. The van der Waals surface area contributed by atoms with Crippen molar-refractivity contribution in [3.8, 4) is 6.07 Å². The zero-order chi connectivity index (χ0) is 17.0. The number of hydrogen-bond acceptors (Lipinski definition) is 2. The summed E-state index contributed by atoms with van der Waals surface area (Å²) in [4.78, 5) is 14.7. The highest BCUT2D eigenvalue weighted by atomic mass is 16.2. The van der Waals surface area contributed by atoms with Crippen LogP contribution in [0.2, 0.25) is 0 Å². The Morgan fingerprint density at radius 2 is 2.04 bits per heavy atom. The molecule has 0 spiro atoms. The van der Waals surface area contributed by atoms with Gasteiger partial charge in [-0.1, -0.05) is 32.4 Å². The first-order valence-corrected chi connectivity index (χ1v) is 9.25. The molecule has 0 bridgehead atoms. The summed E-state index contributed by atoms with van der Waals surface area (Å²) in [5.74, 6) is 2.90. The van der Waals surface area contributed by atoms with Crippen LogP contribution < -0.4 is 0 Å². The number of rotatable bonds is 4. The average molecular weight is 316 g/mol. The van der Waals surface area contributed by atoms with Crippen LogP contribution in [0.15, 0.2) is 11.6 Å². The zero-order valence-electron chi connectivity index (χ0n) is 15.2. The Bertz CT molecular complexity index is 480. The minimum atomic E-state index is 0.330. The van der Waals surface area contributed by atoms with E-state index in [4.69, 9.17) is 5.26 Å². The first kappa shape index (κ1) is 18.0. The van der Waals surface area contributed by atoms with Crippen LogP contribution in [0.4, 0.5) is 0 Å². The molecule has 0 aromatic heterocycles. The second-order valence-electron chi connectivity index (χ2n) is 8.04. The maximum absolute atomic E-state index is 12.6. The molecule has 3 nitrogen and oxygen atoms in total. The standard InChI is InChI=1S/C20H32N2O/c1-14(2)19-12-18(16(4)11-17(19)5-8-21)13-20(23)22-9-6-15(3)7-10-22/h11,14-15,17-19H,5-7,9-10,12-13H2,1-4H3. The van der Waals surface area contributed by atoms with Crippen molar-refractivity contribution >= 4 is 5.91 Å². The predicted molar refractivity (Wildman–Crippen MR) is 93.5 cm³/mol. The van der Waals surface area contributed by atoms with Gasteiger partial charge in [-0.05, 0) is 55.8 Å². The van der Waals surface area contributed by atoms with Gasteiger partial charge in [0.05, 0.1) is 6.07 Å². The maximum atomic E-state index is 12.6. The third-order valence-electron chi connectivity index (χ3n) is 5.97. The van der Waals surface area contributed by atoms with Gasteiger partial charge in [0.15, 0.2) is 0 Å². The monoisotopic (exact) mass is 316 g/mol. The minimum Gasteiger partial charge on any atom is -0.343 e. The number of allylic oxidation sites excluding steroid dienone is 2. The summed E-state index contributed by atoms with van der Waals surface area (Å²) in [6.07, 6.45) is 6.88. The SMILES string of the molecule is CC1=CC(CC#N)C(C(C)C)CC1CC(=O)N1CCC(C)CC1. The Kier molecular flexibility index (Phi) is 6.27. The number of amides is 1. The second kappa shape index (κ2) is 7.99. The molecule has 2 rings (SSSR count). The number of nitriles is 1. The Morgan fingerprint density at radius 3 is 2.61 bits per heavy atom. The van der Waals surface area contributed by atoms with Crippen molar-refractivity contribution in [3.63, 3.8) is 0 Å². The van der Waals surface area contributed by atoms with E-state index in [2.05, 4.69) is 44.7 Å². The Balaban J connectivity index is 2.00. The lowest BCUT2D eigenvalue weighted by atomic mass is 9.69. The van der Waals surface area contributed by atoms with Crippen LogP contribution in [0.25, 0.3) is 0 Å². The lowest BCUT2D eigenvalue weighted by Crippen LogP contribution is -2.39. The molecule has 0 aromatic rings. The second-order valence-corrected chi connectivity index (χ2v) is 8.04. The number of nitrogens with zero attached hydrogens (tertiary/aromatic N) is 2. The highest BCUT2D eigenvalue weighted by Crippen LogP contribution is 2.40. The molecule has 1 aliphatic heterocycles. The molecular weight excluding hydrogens is 284 g/mol. The molecule has 1 heterocycles. The smallest absolute Gasteiger partial charge is 0.223 e. The van der Waals surface area contributed by atoms with Crippen LogP contribution in [0.5, 0.6) is 0 Å². The lowest BCUT2D eigenvalue weighted by molar-refractivity contribution is -0.133. The summed E-state index contributed by atoms with van der Waals surface area (Å²) in [7, 11) is 0. The topological polar surface area (TPSA) is 44.1 Å². The summed E-state index contributed by atoms with van der Waals surface area (Å²) in [5.41, 5.74) is 1.32. The van der Waals surface area contributed by atoms with Gasteiger partial charge in [0.2, 0.25) is 5.91 Å². The third kappa shape index (κ3) is 4.59. The van der Waals surface area contributed by atoms with Gasteiger partial charge in [0.25, 0.3) is 0 Å². The molecule has 1 fully saturated rings. The molecule has 3 atom stereocenters. The van der Waals surface area contributed by atoms with Crippen LogP contribution in [-0.4, -0.2) is 23.9 Å². The number of likely N-dealkylation sites (tertiary alicyclic amines) is 1. The number of piperidine rings is 1. The van der Waals surface area contributed by atoms with E-state index in [9.17, 15) is 4.79 Å². The summed E-state index contributed by atoms with van der Waals surface area (Å²) in [6.45, 7) is 10.8. The van der Waals surface area contributed by atoms with Crippen LogP contribution >= 0.6 is 0 Å². The fourth-order valence-corrected chi connectivity index (χ4v) is 4.21. The van der Waals surface area contributed by atoms with Crippen molar-refractivity contribution in [1.82, 2.24) is 4.90 Å². The van der Waals surface area contributed by atoms with Gasteiger partial charge in [-0.3, -0.25) is 4.79 Å². The molecule has 3 unspecified atom stereocenters. The van der Waals surface area contributed by atoms with Crippen LogP contribution in [0.1, 0.15) is 59.8 Å². The third-order valence-corrected chi connectivity index (χ3v) is 5.97. The van der Waals surface area contributed by atoms with Crippen molar-refractivity contribution in [2.24, 2.45) is 29.6 Å². The summed E-state index contributed by atoms with van der Waals surface area (Å²) in [5, 5.41) is 9.07. The highest BCUT2D eigenvalue weighted by Gasteiger charge is 2.33. The van der Waals surface area contributed by atoms with E-state index in [1.807, 2.05) is 0 Å². The van der Waals surface area contributed by atoms with Gasteiger partial charge in [-0.15, -0.1) is 0 Å². The van der Waals surface area contributed by atoms with E-state index in [-0.39, 0.29) is 0 Å². The van der Waals surface area contributed by atoms with Gasteiger partial charge >= 0.3 is 0 Å². The number of carbonyl (C=O) groups excluding carboxylic acids is 1. The summed E-state index contributed by atoms with van der Waals surface area (Å²) >= 11 is 0.